The van der Waals surface area contributed by atoms with Crippen molar-refractivity contribution in [3.8, 4) is 6.07 Å². The van der Waals surface area contributed by atoms with Gasteiger partial charge < -0.3 is 24.5 Å². The summed E-state index contributed by atoms with van der Waals surface area (Å²) in [7, 11) is 0. The molecule has 0 radical (unpaired) electrons. The van der Waals surface area contributed by atoms with Gasteiger partial charge in [-0.2, -0.15) is 5.26 Å². The largest absolute Gasteiger partial charge is 0.472 e. The first-order chi connectivity index (χ1) is 15.5. The Bertz CT molecular complexity index is 1030. The van der Waals surface area contributed by atoms with Crippen molar-refractivity contribution >= 4 is 34.4 Å². The van der Waals surface area contributed by atoms with E-state index in [-0.39, 0.29) is 24.0 Å². The highest BCUT2D eigenvalue weighted by Crippen LogP contribution is 2.39. The zero-order valence-corrected chi connectivity index (χ0v) is 18.4. The zero-order valence-electron chi connectivity index (χ0n) is 17.6. The van der Waals surface area contributed by atoms with Crippen LogP contribution in [0.5, 0.6) is 0 Å². The molecule has 8 nitrogen and oxygen atoms in total. The number of aliphatic hydroxyl groups excluding tert-OH is 1. The van der Waals surface area contributed by atoms with E-state index in [1.807, 2.05) is 0 Å². The molecule has 168 valence electrons. The van der Waals surface area contributed by atoms with Crippen molar-refractivity contribution in [3.63, 3.8) is 0 Å². The molecule has 1 fully saturated rings. The van der Waals surface area contributed by atoms with Gasteiger partial charge in [-0.25, -0.2) is 4.79 Å². The Morgan fingerprint density at radius 1 is 1.38 bits per heavy atom. The lowest BCUT2D eigenvalue weighted by Gasteiger charge is -2.30. The van der Waals surface area contributed by atoms with Crippen molar-refractivity contribution in [1.29, 1.82) is 5.26 Å². The van der Waals surface area contributed by atoms with Crippen molar-refractivity contribution in [2.24, 2.45) is 5.92 Å². The SMILES string of the molecule is N#Cc1c(NC(=O)C=Cc2ccoc2)sc2c1CCC(COC(=O)N1CCC(O)CC1)C2. The lowest BCUT2D eigenvalue weighted by atomic mass is 9.88. The number of ether oxygens (including phenoxy) is 1. The Kier molecular flexibility index (Phi) is 6.93. The average Bonchev–Trinajstić information content (AvgIpc) is 3.43. The van der Waals surface area contributed by atoms with E-state index in [1.165, 1.54) is 29.9 Å². The van der Waals surface area contributed by atoms with Crippen LogP contribution in [-0.2, 0) is 22.4 Å². The van der Waals surface area contributed by atoms with E-state index < -0.39 is 0 Å². The van der Waals surface area contributed by atoms with E-state index in [2.05, 4.69) is 11.4 Å². The second-order valence-electron chi connectivity index (χ2n) is 8.10. The lowest BCUT2D eigenvalue weighted by molar-refractivity contribution is -0.111. The summed E-state index contributed by atoms with van der Waals surface area (Å²) in [4.78, 5) is 27.3. The molecule has 2 aliphatic rings. The summed E-state index contributed by atoms with van der Waals surface area (Å²) in [5.74, 6) is -0.130. The molecule has 0 spiro atoms. The summed E-state index contributed by atoms with van der Waals surface area (Å²) >= 11 is 1.42. The number of fused-ring (bicyclic) bond motifs is 1. The predicted molar refractivity (Wildman–Crippen MR) is 119 cm³/mol. The molecule has 1 aliphatic carbocycles. The van der Waals surface area contributed by atoms with Gasteiger partial charge in [-0.15, -0.1) is 11.3 Å². The Labute approximate surface area is 190 Å². The molecule has 2 aromatic heterocycles. The first-order valence-electron chi connectivity index (χ1n) is 10.7. The normalized spacial score (nSPS) is 18.9. The number of piperidine rings is 1. The highest BCUT2D eigenvalue weighted by atomic mass is 32.1. The minimum Gasteiger partial charge on any atom is -0.472 e. The lowest BCUT2D eigenvalue weighted by Crippen LogP contribution is -2.41. The number of hydrogen-bond acceptors (Lipinski definition) is 7. The number of furan rings is 1. The fraction of sp³-hybridized carbons (Fsp3) is 0.435. The van der Waals surface area contributed by atoms with Crippen LogP contribution in [0, 0.1) is 17.2 Å². The average molecular weight is 456 g/mol. The second-order valence-corrected chi connectivity index (χ2v) is 9.21. The quantitative estimate of drug-likeness (QED) is 0.666. The molecule has 2 aromatic rings. The molecular formula is C23H25N3O5S. The Balaban J connectivity index is 1.34. The topological polar surface area (TPSA) is 116 Å². The van der Waals surface area contributed by atoms with Gasteiger partial charge in [0.05, 0.1) is 30.8 Å². The molecule has 1 saturated heterocycles. The summed E-state index contributed by atoms with van der Waals surface area (Å²) in [6.07, 6.45) is 8.87. The number of thiophene rings is 1. The molecule has 1 atom stereocenters. The Hall–Kier alpha value is -3.09. The fourth-order valence-corrected chi connectivity index (χ4v) is 5.34. The van der Waals surface area contributed by atoms with Crippen molar-refractivity contribution < 1.29 is 23.8 Å². The molecule has 1 aliphatic heterocycles. The maximum Gasteiger partial charge on any atom is 0.409 e. The standard InChI is InChI=1S/C23H25N3O5S/c24-12-19-18-3-1-16(14-31-23(29)26-8-5-17(27)6-9-26)11-20(18)32-22(19)25-21(28)4-2-15-7-10-30-13-15/h2,4,7,10,13,16-17,27H,1,3,5-6,8-9,11,14H2,(H,25,28). The molecule has 9 heteroatoms. The van der Waals surface area contributed by atoms with E-state index in [4.69, 9.17) is 9.15 Å². The van der Waals surface area contributed by atoms with Crippen LogP contribution in [0.4, 0.5) is 9.80 Å². The number of rotatable bonds is 5. The monoisotopic (exact) mass is 455 g/mol. The third kappa shape index (κ3) is 5.21. The van der Waals surface area contributed by atoms with Gasteiger partial charge in [0, 0.05) is 29.6 Å². The van der Waals surface area contributed by atoms with Gasteiger partial charge in [0.25, 0.3) is 0 Å². The van der Waals surface area contributed by atoms with Gasteiger partial charge in [-0.1, -0.05) is 0 Å². The molecule has 2 amide bonds. The molecule has 1 unspecified atom stereocenters. The summed E-state index contributed by atoms with van der Waals surface area (Å²) in [6.45, 7) is 1.36. The summed E-state index contributed by atoms with van der Waals surface area (Å²) in [5, 5.41) is 22.6. The van der Waals surface area contributed by atoms with E-state index in [0.717, 1.165) is 22.4 Å². The number of likely N-dealkylation sites (tertiary alicyclic amines) is 1. The van der Waals surface area contributed by atoms with Crippen LogP contribution in [0.15, 0.2) is 29.1 Å². The van der Waals surface area contributed by atoms with Crippen LogP contribution in [0.25, 0.3) is 6.08 Å². The highest BCUT2D eigenvalue weighted by Gasteiger charge is 2.28. The first kappa shape index (κ1) is 22.1. The number of nitrogens with zero attached hydrogens (tertiary/aromatic N) is 2. The zero-order chi connectivity index (χ0) is 22.5. The molecule has 3 heterocycles. The number of aliphatic hydroxyl groups is 1. The number of nitriles is 1. The van der Waals surface area contributed by atoms with Gasteiger partial charge in [-0.3, -0.25) is 4.79 Å². The fourth-order valence-electron chi connectivity index (χ4n) is 4.03. The number of carbonyl (C=O) groups excluding carboxylic acids is 2. The van der Waals surface area contributed by atoms with Crippen LogP contribution in [0.1, 0.15) is 40.8 Å². The van der Waals surface area contributed by atoms with Crippen LogP contribution in [-0.4, -0.2) is 47.8 Å². The van der Waals surface area contributed by atoms with Crippen LogP contribution < -0.4 is 5.32 Å². The second kappa shape index (κ2) is 10.0. The summed E-state index contributed by atoms with van der Waals surface area (Å²) < 4.78 is 10.5. The van der Waals surface area contributed by atoms with Gasteiger partial charge in [0.2, 0.25) is 5.91 Å². The van der Waals surface area contributed by atoms with Crippen LogP contribution in [0.3, 0.4) is 0 Å². The van der Waals surface area contributed by atoms with E-state index in [1.54, 1.807) is 17.0 Å². The number of amides is 2. The van der Waals surface area contributed by atoms with Crippen molar-refractivity contribution in [2.75, 3.05) is 25.0 Å². The van der Waals surface area contributed by atoms with E-state index >= 15 is 0 Å². The molecule has 2 N–H and O–H groups in total. The van der Waals surface area contributed by atoms with Crippen molar-refractivity contribution in [2.45, 2.75) is 38.2 Å². The number of anilines is 1. The number of carbonyl (C=O) groups is 2. The van der Waals surface area contributed by atoms with Gasteiger partial charge in [0.15, 0.2) is 0 Å². The van der Waals surface area contributed by atoms with Gasteiger partial charge >= 0.3 is 6.09 Å². The summed E-state index contributed by atoms with van der Waals surface area (Å²) in [6, 6.07) is 3.98. The Morgan fingerprint density at radius 3 is 2.91 bits per heavy atom. The number of nitrogens with one attached hydrogen (secondary N) is 1. The molecule has 4 rings (SSSR count). The van der Waals surface area contributed by atoms with Crippen molar-refractivity contribution in [3.05, 3.63) is 46.2 Å². The third-order valence-electron chi connectivity index (χ3n) is 5.85. The van der Waals surface area contributed by atoms with Gasteiger partial charge in [0.1, 0.15) is 11.1 Å². The van der Waals surface area contributed by atoms with Crippen molar-refractivity contribution in [1.82, 2.24) is 4.90 Å². The third-order valence-corrected chi connectivity index (χ3v) is 7.02. The minimum absolute atomic E-state index is 0.177. The molecule has 32 heavy (non-hydrogen) atoms. The maximum absolute atomic E-state index is 12.3. The smallest absolute Gasteiger partial charge is 0.409 e. The van der Waals surface area contributed by atoms with E-state index in [0.29, 0.717) is 55.9 Å². The minimum atomic E-state index is -0.334. The molecule has 0 bridgehead atoms. The highest BCUT2D eigenvalue weighted by molar-refractivity contribution is 7.16. The predicted octanol–water partition coefficient (Wildman–Crippen LogP) is 3.56. The van der Waals surface area contributed by atoms with Crippen LogP contribution >= 0.6 is 11.3 Å². The first-order valence-corrected chi connectivity index (χ1v) is 11.5. The van der Waals surface area contributed by atoms with Gasteiger partial charge in [-0.05, 0) is 55.7 Å². The van der Waals surface area contributed by atoms with Crippen LogP contribution in [0.2, 0.25) is 0 Å². The Morgan fingerprint density at radius 2 is 2.19 bits per heavy atom. The maximum atomic E-state index is 12.3. The number of hydrogen-bond donors (Lipinski definition) is 2. The van der Waals surface area contributed by atoms with E-state index in [9.17, 15) is 20.0 Å². The molecule has 0 aromatic carbocycles. The summed E-state index contributed by atoms with van der Waals surface area (Å²) in [5.41, 5.74) is 2.29. The molecule has 0 saturated carbocycles. The molecular weight excluding hydrogens is 430 g/mol.